The van der Waals surface area contributed by atoms with E-state index in [9.17, 15) is 19.2 Å². The Kier molecular flexibility index (Phi) is 15.6. The Hall–Kier alpha value is -5.78. The number of esters is 2. The van der Waals surface area contributed by atoms with Crippen LogP contribution in [0.15, 0.2) is 110 Å². The number of para-hydroxylation sites is 2. The van der Waals surface area contributed by atoms with Crippen LogP contribution in [-0.2, 0) is 40.5 Å². The number of amides is 2. The Labute approximate surface area is 298 Å². The summed E-state index contributed by atoms with van der Waals surface area (Å²) in [7, 11) is 0. The molecule has 0 fully saturated rings. The van der Waals surface area contributed by atoms with Crippen molar-refractivity contribution < 1.29 is 47.6 Å². The highest BCUT2D eigenvalue weighted by Gasteiger charge is 2.27. The molecule has 2 N–H and O–H groups in total. The minimum Gasteiger partial charge on any atom is -0.490 e. The fraction of sp³-hybridized carbons (Fsp3) is 0.333. The van der Waals surface area contributed by atoms with E-state index < -0.39 is 41.9 Å². The zero-order valence-electron chi connectivity index (χ0n) is 29.4. The number of ether oxygens (including phenoxy) is 6. The zero-order chi connectivity index (χ0) is 37.2. The number of hydrogen-bond donors (Lipinski definition) is 2. The number of nitrogens with one attached hydrogen (secondary N) is 2. The van der Waals surface area contributed by atoms with E-state index in [1.54, 1.807) is 36.4 Å². The molecule has 0 saturated heterocycles. The van der Waals surface area contributed by atoms with Crippen LogP contribution in [0.4, 0.5) is 9.59 Å². The van der Waals surface area contributed by atoms with Gasteiger partial charge in [-0.25, -0.2) is 19.2 Å². The fourth-order valence-electron chi connectivity index (χ4n) is 4.56. The van der Waals surface area contributed by atoms with Gasteiger partial charge in [-0.15, -0.1) is 0 Å². The number of rotatable bonds is 19. The highest BCUT2D eigenvalue weighted by molar-refractivity contribution is 5.87. The summed E-state index contributed by atoms with van der Waals surface area (Å²) >= 11 is 0. The van der Waals surface area contributed by atoms with E-state index in [2.05, 4.69) is 23.8 Å². The Balaban J connectivity index is 1.57. The van der Waals surface area contributed by atoms with E-state index in [0.717, 1.165) is 17.2 Å². The first-order valence-corrected chi connectivity index (χ1v) is 16.4. The summed E-state index contributed by atoms with van der Waals surface area (Å²) in [5, 5.41) is 5.68. The van der Waals surface area contributed by atoms with Gasteiger partial charge in [0.15, 0.2) is 12.2 Å². The third-order valence-corrected chi connectivity index (χ3v) is 7.20. The molecule has 0 aliphatic heterocycles. The van der Waals surface area contributed by atoms with Crippen LogP contribution in [0.5, 0.6) is 11.5 Å². The van der Waals surface area contributed by atoms with Crippen LogP contribution < -0.4 is 20.1 Å². The largest absolute Gasteiger partial charge is 0.490 e. The highest BCUT2D eigenvalue weighted by atomic mass is 16.6. The van der Waals surface area contributed by atoms with Gasteiger partial charge >= 0.3 is 24.1 Å². The summed E-state index contributed by atoms with van der Waals surface area (Å²) < 4.78 is 32.9. The van der Waals surface area contributed by atoms with Crippen molar-refractivity contribution in [3.8, 4) is 11.5 Å². The lowest BCUT2D eigenvalue weighted by Gasteiger charge is -2.28. The van der Waals surface area contributed by atoms with Gasteiger partial charge in [-0.3, -0.25) is 0 Å². The molecule has 3 rings (SSSR count). The zero-order valence-corrected chi connectivity index (χ0v) is 29.4. The predicted molar refractivity (Wildman–Crippen MR) is 190 cm³/mol. The normalized spacial score (nSPS) is 12.5. The van der Waals surface area contributed by atoms with Crippen LogP contribution in [0, 0.1) is 0 Å². The van der Waals surface area contributed by atoms with Gasteiger partial charge in [0.1, 0.15) is 37.9 Å². The molecule has 0 aliphatic rings. The maximum absolute atomic E-state index is 13.1. The summed E-state index contributed by atoms with van der Waals surface area (Å²) in [5.41, 5.74) is 0.998. The van der Waals surface area contributed by atoms with Gasteiger partial charge < -0.3 is 39.1 Å². The second-order valence-corrected chi connectivity index (χ2v) is 12.2. The third kappa shape index (κ3) is 14.7. The molecule has 0 saturated carbocycles. The lowest BCUT2D eigenvalue weighted by Crippen LogP contribution is -2.44. The monoisotopic (exact) mass is 702 g/mol. The fourth-order valence-corrected chi connectivity index (χ4v) is 4.56. The van der Waals surface area contributed by atoms with E-state index in [4.69, 9.17) is 28.4 Å². The summed E-state index contributed by atoms with van der Waals surface area (Å²) in [6.07, 6.45) is -1.76. The van der Waals surface area contributed by atoms with Crippen molar-refractivity contribution >= 4 is 24.1 Å². The average Bonchev–Trinajstić information content (AvgIpc) is 3.10. The minimum absolute atomic E-state index is 0.0385. The Morgan fingerprint density at radius 1 is 0.765 bits per heavy atom. The van der Waals surface area contributed by atoms with Gasteiger partial charge in [-0.1, -0.05) is 73.8 Å². The maximum atomic E-state index is 13.1. The molecule has 3 aromatic carbocycles. The Bertz CT molecular complexity index is 1610. The second kappa shape index (κ2) is 20.0. The number of alkyl carbamates (subject to hydrolysis) is 2. The van der Waals surface area contributed by atoms with E-state index >= 15 is 0 Å². The van der Waals surface area contributed by atoms with Gasteiger partial charge in [-0.2, -0.15) is 0 Å². The molecule has 0 spiro atoms. The smallest absolute Gasteiger partial charge is 0.408 e. The lowest BCUT2D eigenvalue weighted by atomic mass is 9.92. The molecular weight excluding hydrogens is 656 g/mol. The molecule has 3 atom stereocenters. The van der Waals surface area contributed by atoms with Crippen molar-refractivity contribution in [3.05, 3.63) is 121 Å². The van der Waals surface area contributed by atoms with Gasteiger partial charge in [0.2, 0.25) is 0 Å². The third-order valence-electron chi connectivity index (χ3n) is 7.20. The van der Waals surface area contributed by atoms with E-state index in [0.29, 0.717) is 17.9 Å². The van der Waals surface area contributed by atoms with Crippen molar-refractivity contribution in [2.45, 2.75) is 57.9 Å². The molecule has 0 heterocycles. The van der Waals surface area contributed by atoms with Crippen LogP contribution >= 0.6 is 0 Å². The molecule has 3 unspecified atom stereocenters. The number of benzene rings is 3. The van der Waals surface area contributed by atoms with Crippen molar-refractivity contribution in [3.63, 3.8) is 0 Å². The summed E-state index contributed by atoms with van der Waals surface area (Å²) in [5.74, 6) is -0.119. The molecule has 0 bridgehead atoms. The van der Waals surface area contributed by atoms with Crippen LogP contribution in [0.3, 0.4) is 0 Å². The quantitative estimate of drug-likeness (QED) is 0.0860. The van der Waals surface area contributed by atoms with Gasteiger partial charge in [-0.05, 0) is 69.5 Å². The number of carbonyl (C=O) groups excluding carboxylic acids is 4. The number of hydrogen-bond acceptors (Lipinski definition) is 10. The topological polar surface area (TPSA) is 148 Å². The molecule has 0 aromatic heterocycles. The minimum atomic E-state index is -0.902. The van der Waals surface area contributed by atoms with Crippen LogP contribution in [-0.4, -0.2) is 68.8 Å². The molecule has 0 aliphatic carbocycles. The Morgan fingerprint density at radius 3 is 1.86 bits per heavy atom. The predicted octanol–water partition coefficient (Wildman–Crippen LogP) is 6.05. The molecular formula is C39H46N2O10. The molecule has 0 radical (unpaired) electrons. The van der Waals surface area contributed by atoms with Crippen LogP contribution in [0.2, 0.25) is 0 Å². The first kappa shape index (κ1) is 39.7. The van der Waals surface area contributed by atoms with Crippen molar-refractivity contribution in [1.29, 1.82) is 0 Å². The lowest BCUT2D eigenvalue weighted by molar-refractivity contribution is -0.142. The van der Waals surface area contributed by atoms with Crippen molar-refractivity contribution in [1.82, 2.24) is 10.6 Å². The van der Waals surface area contributed by atoms with Crippen molar-refractivity contribution in [2.75, 3.05) is 26.4 Å². The van der Waals surface area contributed by atoms with E-state index in [1.807, 2.05) is 69.3 Å². The summed E-state index contributed by atoms with van der Waals surface area (Å²) in [6.45, 7) is 13.4. The highest BCUT2D eigenvalue weighted by Crippen LogP contribution is 2.22. The van der Waals surface area contributed by atoms with E-state index in [1.165, 1.54) is 6.92 Å². The average molecular weight is 703 g/mol. The molecule has 51 heavy (non-hydrogen) atoms. The second-order valence-electron chi connectivity index (χ2n) is 12.2. The van der Waals surface area contributed by atoms with E-state index in [-0.39, 0.29) is 38.0 Å². The summed E-state index contributed by atoms with van der Waals surface area (Å²) in [4.78, 5) is 49.5. The van der Waals surface area contributed by atoms with Crippen LogP contribution in [0.1, 0.15) is 38.8 Å². The first-order chi connectivity index (χ1) is 24.3. The van der Waals surface area contributed by atoms with Gasteiger partial charge in [0.05, 0.1) is 5.54 Å². The molecule has 2 amide bonds. The molecule has 3 aromatic rings. The van der Waals surface area contributed by atoms with Crippen molar-refractivity contribution in [2.24, 2.45) is 0 Å². The Morgan fingerprint density at radius 2 is 1.31 bits per heavy atom. The number of carbonyl (C=O) groups is 4. The summed E-state index contributed by atoms with van der Waals surface area (Å²) in [6, 6.07) is 25.1. The van der Waals surface area contributed by atoms with Gasteiger partial charge in [0.25, 0.3) is 0 Å². The SMILES string of the molecule is C=CC(=O)OCC(COc1ccccc1)OC(=O)NC(C)Cc1cccc(C(C)(C)NC(=O)OC(COC(=O)C(=C)C)COc2ccccc2)c1. The van der Waals surface area contributed by atoms with Gasteiger partial charge in [0, 0.05) is 17.7 Å². The first-order valence-electron chi connectivity index (χ1n) is 16.4. The molecule has 12 heteroatoms. The maximum Gasteiger partial charge on any atom is 0.408 e. The van der Waals surface area contributed by atoms with Crippen LogP contribution in [0.25, 0.3) is 0 Å². The standard InChI is InChI=1S/C39H46N2O10/c1-7-35(42)48-25-33(23-46-31-17-10-8-11-18-31)50-37(44)40-28(4)21-29-15-14-16-30(22-29)39(5,6)41-38(45)51-34(26-49-36(43)27(2)3)24-47-32-19-12-9-13-20-32/h7-20,22,28,33-34H,1-2,21,23-26H2,3-6H3,(H,40,44)(H,41,45). The molecule has 12 nitrogen and oxygen atoms in total. The molecule has 272 valence electrons.